The number of fused-ring (bicyclic) bond motifs is 3. The summed E-state index contributed by atoms with van der Waals surface area (Å²) in [4.78, 5) is 2.35. The number of rotatable bonds is 8. The SMILES string of the molecule is c1ccc(-c2ccc(N(c3ccc(-c4cccc(-c5cc6ccccc6c6ccccc56)c4)cc3)c3ccc(-c4ccccc4-c4ccccc4)cc3)cc2)cc1. The molecule has 0 amide bonds. The van der Waals surface area contributed by atoms with Gasteiger partial charge >= 0.3 is 0 Å². The van der Waals surface area contributed by atoms with Crippen molar-refractivity contribution in [1.29, 1.82) is 0 Å². The highest BCUT2D eigenvalue weighted by molar-refractivity contribution is 6.13. The van der Waals surface area contributed by atoms with Gasteiger partial charge in [-0.05, 0) is 126 Å². The molecule has 0 spiro atoms. The Morgan fingerprint density at radius 3 is 1.23 bits per heavy atom. The van der Waals surface area contributed by atoms with Crippen molar-refractivity contribution < 1.29 is 0 Å². The maximum absolute atomic E-state index is 2.35. The van der Waals surface area contributed by atoms with E-state index in [1.54, 1.807) is 0 Å². The van der Waals surface area contributed by atoms with Crippen molar-refractivity contribution in [3.63, 3.8) is 0 Å². The fraction of sp³-hybridized carbons (Fsp3) is 0. The molecule has 0 fully saturated rings. The van der Waals surface area contributed by atoms with Gasteiger partial charge in [-0.1, -0.05) is 188 Å². The number of hydrogen-bond acceptors (Lipinski definition) is 1. The zero-order valence-electron chi connectivity index (χ0n) is 31.5. The molecule has 0 saturated heterocycles. The van der Waals surface area contributed by atoms with Crippen molar-refractivity contribution >= 4 is 38.6 Å². The van der Waals surface area contributed by atoms with Crippen LogP contribution in [0, 0.1) is 0 Å². The van der Waals surface area contributed by atoms with E-state index in [9.17, 15) is 0 Å². The Labute approximate surface area is 334 Å². The molecule has 1 nitrogen and oxygen atoms in total. The van der Waals surface area contributed by atoms with Crippen molar-refractivity contribution in [2.24, 2.45) is 0 Å². The maximum Gasteiger partial charge on any atom is 0.0462 e. The first-order chi connectivity index (χ1) is 28.3. The first kappa shape index (κ1) is 34.0. The van der Waals surface area contributed by atoms with Crippen LogP contribution >= 0.6 is 0 Å². The molecule has 0 aliphatic carbocycles. The van der Waals surface area contributed by atoms with Crippen molar-refractivity contribution in [3.05, 3.63) is 237 Å². The Bertz CT molecular complexity index is 2970. The molecule has 0 aliphatic rings. The van der Waals surface area contributed by atoms with E-state index >= 15 is 0 Å². The van der Waals surface area contributed by atoms with Gasteiger partial charge in [0.1, 0.15) is 0 Å². The van der Waals surface area contributed by atoms with E-state index in [-0.39, 0.29) is 0 Å². The Morgan fingerprint density at radius 1 is 0.211 bits per heavy atom. The average molecular weight is 726 g/mol. The number of anilines is 3. The van der Waals surface area contributed by atoms with Crippen molar-refractivity contribution in [2.75, 3.05) is 4.90 Å². The van der Waals surface area contributed by atoms with E-state index in [0.717, 1.165) is 17.1 Å². The van der Waals surface area contributed by atoms with Gasteiger partial charge in [0.2, 0.25) is 0 Å². The van der Waals surface area contributed by atoms with E-state index < -0.39 is 0 Å². The minimum absolute atomic E-state index is 1.10. The summed E-state index contributed by atoms with van der Waals surface area (Å²) >= 11 is 0. The van der Waals surface area contributed by atoms with Crippen molar-refractivity contribution in [3.8, 4) is 55.6 Å². The van der Waals surface area contributed by atoms with Crippen LogP contribution in [0.3, 0.4) is 0 Å². The predicted octanol–water partition coefficient (Wildman–Crippen LogP) is 15.8. The fourth-order valence-electron chi connectivity index (χ4n) is 8.24. The molecule has 0 saturated carbocycles. The lowest BCUT2D eigenvalue weighted by molar-refractivity contribution is 1.28. The van der Waals surface area contributed by atoms with E-state index in [1.165, 1.54) is 77.2 Å². The van der Waals surface area contributed by atoms with Gasteiger partial charge < -0.3 is 4.90 Å². The van der Waals surface area contributed by atoms with E-state index in [0.29, 0.717) is 0 Å². The molecule has 0 heterocycles. The minimum atomic E-state index is 1.10. The first-order valence-corrected chi connectivity index (χ1v) is 19.6. The molecule has 0 unspecified atom stereocenters. The Kier molecular flexibility index (Phi) is 8.95. The zero-order valence-corrected chi connectivity index (χ0v) is 31.5. The highest BCUT2D eigenvalue weighted by Crippen LogP contribution is 2.40. The topological polar surface area (TPSA) is 3.24 Å². The summed E-state index contributed by atoms with van der Waals surface area (Å²) in [6.07, 6.45) is 0. The molecule has 0 aliphatic heterocycles. The third-order valence-electron chi connectivity index (χ3n) is 11.1. The molecule has 10 aromatic rings. The van der Waals surface area contributed by atoms with Gasteiger partial charge in [-0.15, -0.1) is 0 Å². The van der Waals surface area contributed by atoms with E-state index in [2.05, 4.69) is 241 Å². The highest BCUT2D eigenvalue weighted by Gasteiger charge is 2.16. The molecule has 0 radical (unpaired) electrons. The third kappa shape index (κ3) is 6.66. The number of hydrogen-bond donors (Lipinski definition) is 0. The third-order valence-corrected chi connectivity index (χ3v) is 11.1. The molecule has 57 heavy (non-hydrogen) atoms. The van der Waals surface area contributed by atoms with Crippen LogP contribution in [-0.4, -0.2) is 0 Å². The van der Waals surface area contributed by atoms with Gasteiger partial charge in [0.25, 0.3) is 0 Å². The van der Waals surface area contributed by atoms with E-state index in [4.69, 9.17) is 0 Å². The smallest absolute Gasteiger partial charge is 0.0462 e. The van der Waals surface area contributed by atoms with Gasteiger partial charge in [-0.2, -0.15) is 0 Å². The van der Waals surface area contributed by atoms with Gasteiger partial charge in [0, 0.05) is 17.1 Å². The quantitative estimate of drug-likeness (QED) is 0.141. The first-order valence-electron chi connectivity index (χ1n) is 19.6. The second-order valence-corrected chi connectivity index (χ2v) is 14.5. The van der Waals surface area contributed by atoms with Crippen LogP contribution in [-0.2, 0) is 0 Å². The molecule has 0 aromatic heterocycles. The highest BCUT2D eigenvalue weighted by atomic mass is 15.1. The number of benzene rings is 10. The molecule has 10 aromatic carbocycles. The summed E-state index contributed by atoms with van der Waals surface area (Å²) in [5.74, 6) is 0. The van der Waals surface area contributed by atoms with Crippen LogP contribution in [0.5, 0.6) is 0 Å². The predicted molar refractivity (Wildman–Crippen MR) is 243 cm³/mol. The summed E-state index contributed by atoms with van der Waals surface area (Å²) < 4.78 is 0. The fourth-order valence-corrected chi connectivity index (χ4v) is 8.24. The van der Waals surface area contributed by atoms with Crippen molar-refractivity contribution in [1.82, 2.24) is 0 Å². The summed E-state index contributed by atoms with van der Waals surface area (Å²) in [5, 5.41) is 5.10. The summed E-state index contributed by atoms with van der Waals surface area (Å²) in [6, 6.07) is 85.5. The zero-order chi connectivity index (χ0) is 38.0. The average Bonchev–Trinajstić information content (AvgIpc) is 3.30. The monoisotopic (exact) mass is 725 g/mol. The van der Waals surface area contributed by atoms with Crippen LogP contribution in [0.15, 0.2) is 237 Å². The summed E-state index contributed by atoms with van der Waals surface area (Å²) in [7, 11) is 0. The van der Waals surface area contributed by atoms with Gasteiger partial charge in [0.05, 0.1) is 0 Å². The largest absolute Gasteiger partial charge is 0.311 e. The molecule has 268 valence electrons. The molecule has 10 rings (SSSR count). The van der Waals surface area contributed by atoms with Crippen LogP contribution in [0.4, 0.5) is 17.1 Å². The molecule has 0 bridgehead atoms. The van der Waals surface area contributed by atoms with E-state index in [1.807, 2.05) is 0 Å². The summed E-state index contributed by atoms with van der Waals surface area (Å²) in [6.45, 7) is 0. The van der Waals surface area contributed by atoms with Crippen LogP contribution in [0.2, 0.25) is 0 Å². The second kappa shape index (κ2) is 15.0. The lowest BCUT2D eigenvalue weighted by atomic mass is 9.92. The Hall–Kier alpha value is -7.48. The Balaban J connectivity index is 1.02. The van der Waals surface area contributed by atoms with Crippen LogP contribution in [0.25, 0.3) is 77.2 Å². The lowest BCUT2D eigenvalue weighted by Crippen LogP contribution is -2.09. The molecular weight excluding hydrogens is 687 g/mol. The van der Waals surface area contributed by atoms with Gasteiger partial charge in [0.15, 0.2) is 0 Å². The van der Waals surface area contributed by atoms with Crippen LogP contribution in [0.1, 0.15) is 0 Å². The standard InChI is InChI=1S/C56H39N/c1-3-14-40(15-4-1)41-26-32-48(33-27-41)57(50-36-30-44(31-37-50)52-22-10-9-21-51(52)43-16-5-2-6-17-43)49-34-28-42(29-35-49)45-19-13-20-46(38-45)56-39-47-18-7-8-23-53(47)54-24-11-12-25-55(54)56/h1-39H. The van der Waals surface area contributed by atoms with Crippen LogP contribution < -0.4 is 4.90 Å². The molecular formula is C56H39N. The minimum Gasteiger partial charge on any atom is -0.311 e. The van der Waals surface area contributed by atoms with Crippen molar-refractivity contribution in [2.45, 2.75) is 0 Å². The molecule has 0 N–H and O–H groups in total. The lowest BCUT2D eigenvalue weighted by Gasteiger charge is -2.26. The number of nitrogens with zero attached hydrogens (tertiary/aromatic N) is 1. The van der Waals surface area contributed by atoms with Gasteiger partial charge in [-0.3, -0.25) is 0 Å². The normalized spacial score (nSPS) is 11.2. The molecule has 1 heteroatoms. The van der Waals surface area contributed by atoms with Gasteiger partial charge in [-0.25, -0.2) is 0 Å². The second-order valence-electron chi connectivity index (χ2n) is 14.5. The summed E-state index contributed by atoms with van der Waals surface area (Å²) in [5.41, 5.74) is 15.4. The molecule has 0 atom stereocenters. The Morgan fingerprint density at radius 2 is 0.614 bits per heavy atom. The maximum atomic E-state index is 2.35.